The first-order valence-electron chi connectivity index (χ1n) is 6.45. The smallest absolute Gasteiger partial charge is 0.267 e. The van der Waals surface area contributed by atoms with Gasteiger partial charge in [-0.15, -0.1) is 0 Å². The molecule has 0 bridgehead atoms. The average molecular weight is 313 g/mol. The maximum Gasteiger partial charge on any atom is 0.267 e. The molecule has 0 aliphatic rings. The summed E-state index contributed by atoms with van der Waals surface area (Å²) in [5.74, 6) is 0.0262. The molecule has 0 saturated heterocycles. The Morgan fingerprint density at radius 1 is 1.36 bits per heavy atom. The number of benzene rings is 1. The highest BCUT2D eigenvalue weighted by molar-refractivity contribution is 6.31. The van der Waals surface area contributed by atoms with E-state index in [2.05, 4.69) is 15.6 Å². The Morgan fingerprint density at radius 3 is 2.86 bits per heavy atom. The van der Waals surface area contributed by atoms with Gasteiger partial charge < -0.3 is 10.6 Å². The lowest BCUT2D eigenvalue weighted by Crippen LogP contribution is -2.15. The van der Waals surface area contributed by atoms with Crippen LogP contribution in [0, 0.1) is 18.3 Å². The molecule has 0 unspecified atom stereocenters. The Labute approximate surface area is 133 Å². The Morgan fingerprint density at radius 2 is 2.18 bits per heavy atom. The number of hydrogen-bond acceptors (Lipinski definition) is 4. The Bertz CT molecular complexity index is 750. The van der Waals surface area contributed by atoms with Gasteiger partial charge in [-0.2, -0.15) is 5.26 Å². The number of pyridine rings is 1. The molecule has 2 rings (SSSR count). The molecule has 0 atom stereocenters. The second-order valence-corrected chi connectivity index (χ2v) is 4.88. The molecular formula is C16H13ClN4O. The molecule has 1 amide bonds. The molecule has 1 aromatic carbocycles. The van der Waals surface area contributed by atoms with Crippen LogP contribution in [0.15, 0.2) is 54.4 Å². The quantitative estimate of drug-likeness (QED) is 0.669. The fraction of sp³-hybridized carbons (Fsp3) is 0.0625. The number of aryl methyl sites for hydroxylation is 1. The zero-order valence-corrected chi connectivity index (χ0v) is 12.6. The predicted molar refractivity (Wildman–Crippen MR) is 86.4 cm³/mol. The van der Waals surface area contributed by atoms with E-state index in [0.717, 1.165) is 5.56 Å². The van der Waals surface area contributed by atoms with E-state index in [1.807, 2.05) is 13.0 Å². The maximum absolute atomic E-state index is 12.1. The van der Waals surface area contributed by atoms with Crippen LogP contribution in [0.5, 0.6) is 0 Å². The Hall–Kier alpha value is -2.84. The Kier molecular flexibility index (Phi) is 5.12. The van der Waals surface area contributed by atoms with E-state index in [1.54, 1.807) is 42.6 Å². The molecule has 0 aliphatic heterocycles. The number of nitriles is 1. The highest BCUT2D eigenvalue weighted by Gasteiger charge is 2.11. The van der Waals surface area contributed by atoms with Crippen molar-refractivity contribution in [2.45, 2.75) is 6.92 Å². The van der Waals surface area contributed by atoms with Gasteiger partial charge in [0.05, 0.1) is 0 Å². The van der Waals surface area contributed by atoms with Crippen LogP contribution in [0.2, 0.25) is 5.02 Å². The van der Waals surface area contributed by atoms with Gasteiger partial charge in [-0.05, 0) is 36.8 Å². The lowest BCUT2D eigenvalue weighted by molar-refractivity contribution is -0.112. The number of anilines is 2. The van der Waals surface area contributed by atoms with E-state index < -0.39 is 5.91 Å². The number of hydrogen-bond donors (Lipinski definition) is 2. The summed E-state index contributed by atoms with van der Waals surface area (Å²) in [5.41, 5.74) is 1.36. The van der Waals surface area contributed by atoms with E-state index in [0.29, 0.717) is 16.5 Å². The minimum Gasteiger partial charge on any atom is -0.345 e. The van der Waals surface area contributed by atoms with Gasteiger partial charge in [0.15, 0.2) is 0 Å². The fourth-order valence-electron chi connectivity index (χ4n) is 1.66. The predicted octanol–water partition coefficient (Wildman–Crippen LogP) is 3.50. The lowest BCUT2D eigenvalue weighted by atomic mass is 10.2. The van der Waals surface area contributed by atoms with Crippen LogP contribution in [-0.4, -0.2) is 10.9 Å². The summed E-state index contributed by atoms with van der Waals surface area (Å²) in [4.78, 5) is 16.2. The molecule has 2 aromatic rings. The van der Waals surface area contributed by atoms with E-state index in [-0.39, 0.29) is 5.57 Å². The van der Waals surface area contributed by atoms with Gasteiger partial charge in [-0.3, -0.25) is 4.79 Å². The van der Waals surface area contributed by atoms with Crippen LogP contribution in [0.25, 0.3) is 0 Å². The van der Waals surface area contributed by atoms with Gasteiger partial charge >= 0.3 is 0 Å². The van der Waals surface area contributed by atoms with Gasteiger partial charge in [0.25, 0.3) is 5.91 Å². The highest BCUT2D eigenvalue weighted by Crippen LogP contribution is 2.20. The van der Waals surface area contributed by atoms with Gasteiger partial charge in [0.1, 0.15) is 17.5 Å². The molecule has 5 nitrogen and oxygen atoms in total. The van der Waals surface area contributed by atoms with Gasteiger partial charge in [-0.25, -0.2) is 4.98 Å². The van der Waals surface area contributed by atoms with Crippen molar-refractivity contribution < 1.29 is 4.79 Å². The van der Waals surface area contributed by atoms with Crippen LogP contribution >= 0.6 is 11.6 Å². The van der Waals surface area contributed by atoms with Crippen molar-refractivity contribution in [1.82, 2.24) is 4.98 Å². The zero-order valence-electron chi connectivity index (χ0n) is 11.8. The highest BCUT2D eigenvalue weighted by atomic mass is 35.5. The van der Waals surface area contributed by atoms with E-state index in [9.17, 15) is 4.79 Å². The van der Waals surface area contributed by atoms with Crippen LogP contribution in [0.4, 0.5) is 11.5 Å². The van der Waals surface area contributed by atoms with Crippen molar-refractivity contribution in [2.24, 2.45) is 0 Å². The normalized spacial score (nSPS) is 10.7. The summed E-state index contributed by atoms with van der Waals surface area (Å²) in [6.07, 6.45) is 2.93. The molecule has 1 heterocycles. The molecule has 2 N–H and O–H groups in total. The Balaban J connectivity index is 2.12. The third-order valence-corrected chi connectivity index (χ3v) is 3.08. The average Bonchev–Trinajstić information content (AvgIpc) is 2.52. The van der Waals surface area contributed by atoms with Gasteiger partial charge in [0, 0.05) is 23.1 Å². The van der Waals surface area contributed by atoms with Crippen LogP contribution in [0.3, 0.4) is 0 Å². The molecule has 110 valence electrons. The molecule has 0 fully saturated rings. The minimum atomic E-state index is -0.517. The van der Waals surface area contributed by atoms with Crippen LogP contribution < -0.4 is 10.6 Å². The van der Waals surface area contributed by atoms with Crippen molar-refractivity contribution in [3.63, 3.8) is 0 Å². The lowest BCUT2D eigenvalue weighted by Gasteiger charge is -2.08. The van der Waals surface area contributed by atoms with Crippen molar-refractivity contribution >= 4 is 29.0 Å². The van der Waals surface area contributed by atoms with E-state index in [1.165, 1.54) is 6.20 Å². The topological polar surface area (TPSA) is 77.8 Å². The van der Waals surface area contributed by atoms with Crippen LogP contribution in [0.1, 0.15) is 5.56 Å². The molecule has 1 aromatic heterocycles. The molecule has 0 saturated carbocycles. The minimum absolute atomic E-state index is 0.0648. The SMILES string of the molecule is Cc1ccc(Cl)cc1NC(=O)/C(C#N)=C\Nc1ccccn1. The largest absolute Gasteiger partial charge is 0.345 e. The van der Waals surface area contributed by atoms with E-state index >= 15 is 0 Å². The molecule has 0 spiro atoms. The number of nitrogens with one attached hydrogen (secondary N) is 2. The number of carbonyl (C=O) groups is 1. The third kappa shape index (κ3) is 4.08. The van der Waals surface area contributed by atoms with Crippen molar-refractivity contribution in [3.8, 4) is 6.07 Å². The first kappa shape index (κ1) is 15.5. The van der Waals surface area contributed by atoms with Gasteiger partial charge in [0.2, 0.25) is 0 Å². The first-order chi connectivity index (χ1) is 10.6. The summed E-state index contributed by atoms with van der Waals surface area (Å²) in [6, 6.07) is 12.3. The van der Waals surface area contributed by atoms with Gasteiger partial charge in [-0.1, -0.05) is 23.7 Å². The van der Waals surface area contributed by atoms with Crippen molar-refractivity contribution in [3.05, 3.63) is 65.0 Å². The summed E-state index contributed by atoms with van der Waals surface area (Å²) >= 11 is 5.90. The second kappa shape index (κ2) is 7.25. The fourth-order valence-corrected chi connectivity index (χ4v) is 1.83. The zero-order chi connectivity index (χ0) is 15.9. The molecule has 0 radical (unpaired) electrons. The standard InChI is InChI=1S/C16H13ClN4O/c1-11-5-6-13(17)8-14(11)21-16(22)12(9-18)10-20-15-4-2-3-7-19-15/h2-8,10H,1H3,(H,19,20)(H,21,22)/b12-10-. The van der Waals surface area contributed by atoms with Crippen molar-refractivity contribution in [1.29, 1.82) is 5.26 Å². The number of rotatable bonds is 4. The summed E-state index contributed by atoms with van der Waals surface area (Å²) in [5, 5.41) is 15.1. The maximum atomic E-state index is 12.1. The number of carbonyl (C=O) groups excluding carboxylic acids is 1. The monoisotopic (exact) mass is 312 g/mol. The molecule has 22 heavy (non-hydrogen) atoms. The molecule has 0 aliphatic carbocycles. The summed E-state index contributed by atoms with van der Waals surface area (Å²) < 4.78 is 0. The van der Waals surface area contributed by atoms with E-state index in [4.69, 9.17) is 16.9 Å². The van der Waals surface area contributed by atoms with Crippen LogP contribution in [-0.2, 0) is 4.79 Å². The summed E-state index contributed by atoms with van der Waals surface area (Å²) in [6.45, 7) is 1.84. The molecule has 6 heteroatoms. The number of nitrogens with zero attached hydrogens (tertiary/aromatic N) is 2. The summed E-state index contributed by atoms with van der Waals surface area (Å²) in [7, 11) is 0. The number of aromatic nitrogens is 1. The molecular weight excluding hydrogens is 300 g/mol. The first-order valence-corrected chi connectivity index (χ1v) is 6.83. The second-order valence-electron chi connectivity index (χ2n) is 4.44. The van der Waals surface area contributed by atoms with Crippen molar-refractivity contribution in [2.75, 3.05) is 10.6 Å². The number of halogens is 1. The number of amides is 1. The third-order valence-electron chi connectivity index (χ3n) is 2.84.